The number of hydrogen-bond acceptors (Lipinski definition) is 7. The molecule has 0 spiro atoms. The maximum absolute atomic E-state index is 12.7. The van der Waals surface area contributed by atoms with Crippen molar-refractivity contribution in [1.29, 1.82) is 0 Å². The van der Waals surface area contributed by atoms with Gasteiger partial charge in [0.1, 0.15) is 12.5 Å². The van der Waals surface area contributed by atoms with Crippen LogP contribution in [0.2, 0.25) is 10.0 Å². The van der Waals surface area contributed by atoms with E-state index >= 15 is 0 Å². The van der Waals surface area contributed by atoms with Crippen molar-refractivity contribution in [3.8, 4) is 11.5 Å². The summed E-state index contributed by atoms with van der Waals surface area (Å²) in [5, 5.41) is 18.8. The smallest absolute Gasteiger partial charge is 0.245 e. The first-order valence-corrected chi connectivity index (χ1v) is 12.0. The molecular weight excluding hydrogens is 467 g/mol. The van der Waals surface area contributed by atoms with Gasteiger partial charge >= 0.3 is 0 Å². The van der Waals surface area contributed by atoms with Crippen molar-refractivity contribution in [2.24, 2.45) is 0 Å². The zero-order valence-corrected chi connectivity index (χ0v) is 18.2. The lowest BCUT2D eigenvalue weighted by Gasteiger charge is -2.20. The summed E-state index contributed by atoms with van der Waals surface area (Å²) in [5.41, 5.74) is -0.0322. The SMILES string of the molecule is CS(=O)(=O)Nc1ccc(S(=O)(=O)N(CO)CCO)cc1Oc1ccc(Cl)cc1Cl. The largest absolute Gasteiger partial charge is 0.454 e. The molecular formula is C16H18Cl2N2O7S2. The van der Waals surface area contributed by atoms with Crippen molar-refractivity contribution in [2.45, 2.75) is 4.90 Å². The molecule has 160 valence electrons. The summed E-state index contributed by atoms with van der Waals surface area (Å²) in [6, 6.07) is 7.73. The van der Waals surface area contributed by atoms with E-state index in [9.17, 15) is 21.9 Å². The number of nitrogens with zero attached hydrogens (tertiary/aromatic N) is 1. The van der Waals surface area contributed by atoms with Crippen molar-refractivity contribution in [1.82, 2.24) is 4.31 Å². The number of sulfonamides is 2. The summed E-state index contributed by atoms with van der Waals surface area (Å²) in [4.78, 5) is -0.292. The number of halogens is 2. The predicted octanol–water partition coefficient (Wildman–Crippen LogP) is 2.09. The lowest BCUT2D eigenvalue weighted by Crippen LogP contribution is -2.34. The molecule has 13 heteroatoms. The summed E-state index contributed by atoms with van der Waals surface area (Å²) in [6.45, 7) is -1.69. The molecule has 29 heavy (non-hydrogen) atoms. The van der Waals surface area contributed by atoms with E-state index in [0.717, 1.165) is 18.4 Å². The van der Waals surface area contributed by atoms with Gasteiger partial charge in [0, 0.05) is 17.6 Å². The van der Waals surface area contributed by atoms with Gasteiger partial charge in [-0.3, -0.25) is 4.72 Å². The second kappa shape index (κ2) is 9.47. The van der Waals surface area contributed by atoms with Gasteiger partial charge in [0.25, 0.3) is 0 Å². The summed E-state index contributed by atoms with van der Waals surface area (Å²) < 4.78 is 57.2. The molecule has 0 radical (unpaired) electrons. The van der Waals surface area contributed by atoms with Crippen LogP contribution in [-0.4, -0.2) is 57.5 Å². The van der Waals surface area contributed by atoms with Crippen LogP contribution in [0.5, 0.6) is 11.5 Å². The molecule has 0 saturated carbocycles. The van der Waals surface area contributed by atoms with Crippen molar-refractivity contribution < 1.29 is 31.8 Å². The third kappa shape index (κ3) is 6.19. The van der Waals surface area contributed by atoms with Crippen LogP contribution in [0.1, 0.15) is 0 Å². The number of benzene rings is 2. The van der Waals surface area contributed by atoms with Gasteiger partial charge < -0.3 is 14.9 Å². The number of rotatable bonds is 9. The molecule has 0 saturated heterocycles. The van der Waals surface area contributed by atoms with Crippen molar-refractivity contribution >= 4 is 48.9 Å². The Balaban J connectivity index is 2.56. The topological polar surface area (TPSA) is 133 Å². The van der Waals surface area contributed by atoms with Gasteiger partial charge in [0.15, 0.2) is 5.75 Å². The van der Waals surface area contributed by atoms with Gasteiger partial charge in [0.05, 0.1) is 28.5 Å². The molecule has 2 aromatic rings. The van der Waals surface area contributed by atoms with Crippen LogP contribution in [-0.2, 0) is 20.0 Å². The van der Waals surface area contributed by atoms with E-state index in [2.05, 4.69) is 4.72 Å². The molecule has 0 aliphatic carbocycles. The zero-order chi connectivity index (χ0) is 21.8. The highest BCUT2D eigenvalue weighted by atomic mass is 35.5. The first-order valence-electron chi connectivity index (χ1n) is 7.94. The van der Waals surface area contributed by atoms with E-state index < -0.39 is 33.4 Å². The monoisotopic (exact) mass is 484 g/mol. The second-order valence-electron chi connectivity index (χ2n) is 5.75. The standard InChI is InChI=1S/C16H18Cl2N2O7S2/c1-28(23,24)19-14-4-3-12(29(25,26)20(10-22)6-7-21)9-16(14)27-15-5-2-11(17)8-13(15)18/h2-5,8-9,19,21-22H,6-7,10H2,1H3. The van der Waals surface area contributed by atoms with Crippen LogP contribution >= 0.6 is 23.2 Å². The maximum atomic E-state index is 12.7. The van der Waals surface area contributed by atoms with E-state index in [-0.39, 0.29) is 33.6 Å². The molecule has 2 rings (SSSR count). The third-order valence-electron chi connectivity index (χ3n) is 3.51. The quantitative estimate of drug-likeness (QED) is 0.463. The zero-order valence-electron chi connectivity index (χ0n) is 15.0. The molecule has 2 aromatic carbocycles. The highest BCUT2D eigenvalue weighted by Crippen LogP contribution is 2.37. The van der Waals surface area contributed by atoms with Crippen LogP contribution in [0.25, 0.3) is 0 Å². The lowest BCUT2D eigenvalue weighted by atomic mass is 10.3. The Kier molecular flexibility index (Phi) is 7.74. The van der Waals surface area contributed by atoms with E-state index in [1.54, 1.807) is 0 Å². The Morgan fingerprint density at radius 2 is 1.72 bits per heavy atom. The fraction of sp³-hybridized carbons (Fsp3) is 0.250. The molecule has 9 nitrogen and oxygen atoms in total. The summed E-state index contributed by atoms with van der Waals surface area (Å²) in [5.74, 6) is -0.0425. The van der Waals surface area contributed by atoms with E-state index in [1.807, 2.05) is 0 Å². The first-order chi connectivity index (χ1) is 13.5. The molecule has 0 aromatic heterocycles. The average molecular weight is 485 g/mol. The molecule has 0 atom stereocenters. The first kappa shape index (κ1) is 23.7. The maximum Gasteiger partial charge on any atom is 0.245 e. The molecule has 0 amide bonds. The van der Waals surface area contributed by atoms with Gasteiger partial charge in [0.2, 0.25) is 20.0 Å². The third-order valence-corrected chi connectivity index (χ3v) is 6.46. The van der Waals surface area contributed by atoms with E-state index in [1.165, 1.54) is 24.3 Å². The Morgan fingerprint density at radius 3 is 2.28 bits per heavy atom. The van der Waals surface area contributed by atoms with Crippen LogP contribution in [0.4, 0.5) is 5.69 Å². The molecule has 0 bridgehead atoms. The Morgan fingerprint density at radius 1 is 1.03 bits per heavy atom. The Hall–Kier alpha value is -1.60. The van der Waals surface area contributed by atoms with Crippen LogP contribution in [0, 0.1) is 0 Å². The highest BCUT2D eigenvalue weighted by Gasteiger charge is 2.25. The minimum absolute atomic E-state index is 0.0322. The number of ether oxygens (including phenoxy) is 1. The number of nitrogens with one attached hydrogen (secondary N) is 1. The van der Waals surface area contributed by atoms with Crippen LogP contribution in [0.15, 0.2) is 41.3 Å². The average Bonchev–Trinajstić information content (AvgIpc) is 2.61. The number of hydrogen-bond donors (Lipinski definition) is 3. The summed E-state index contributed by atoms with van der Waals surface area (Å²) >= 11 is 11.9. The van der Waals surface area contributed by atoms with Gasteiger partial charge in [-0.25, -0.2) is 16.8 Å². The molecule has 0 aliphatic heterocycles. The number of anilines is 1. The van der Waals surface area contributed by atoms with E-state index in [0.29, 0.717) is 9.33 Å². The lowest BCUT2D eigenvalue weighted by molar-refractivity contribution is 0.154. The van der Waals surface area contributed by atoms with Crippen molar-refractivity contribution in [3.05, 3.63) is 46.4 Å². The van der Waals surface area contributed by atoms with Gasteiger partial charge in [-0.2, -0.15) is 4.31 Å². The molecule has 0 unspecified atom stereocenters. The number of aliphatic hydroxyl groups excluding tert-OH is 2. The van der Waals surface area contributed by atoms with Crippen molar-refractivity contribution in [2.75, 3.05) is 30.9 Å². The molecule has 0 heterocycles. The van der Waals surface area contributed by atoms with Crippen LogP contribution in [0.3, 0.4) is 0 Å². The van der Waals surface area contributed by atoms with Gasteiger partial charge in [-0.1, -0.05) is 23.2 Å². The minimum Gasteiger partial charge on any atom is -0.454 e. The number of aliphatic hydroxyl groups is 2. The van der Waals surface area contributed by atoms with Gasteiger partial charge in [-0.15, -0.1) is 0 Å². The van der Waals surface area contributed by atoms with Crippen molar-refractivity contribution in [3.63, 3.8) is 0 Å². The Labute approximate surface area is 178 Å². The summed E-state index contributed by atoms with van der Waals surface area (Å²) in [7, 11) is -7.90. The highest BCUT2D eigenvalue weighted by molar-refractivity contribution is 7.92. The summed E-state index contributed by atoms with van der Waals surface area (Å²) in [6.07, 6.45) is 0.922. The molecule has 0 aliphatic rings. The second-order valence-corrected chi connectivity index (χ2v) is 10.3. The predicted molar refractivity (Wildman–Crippen MR) is 110 cm³/mol. The fourth-order valence-corrected chi connectivity index (χ4v) is 4.52. The Bertz CT molecular complexity index is 1090. The fourth-order valence-electron chi connectivity index (χ4n) is 2.24. The molecule has 0 fully saturated rings. The van der Waals surface area contributed by atoms with E-state index in [4.69, 9.17) is 33.0 Å². The van der Waals surface area contributed by atoms with Crippen LogP contribution < -0.4 is 9.46 Å². The van der Waals surface area contributed by atoms with Gasteiger partial charge in [-0.05, 0) is 30.3 Å². The molecule has 3 N–H and O–H groups in total. The minimum atomic E-state index is -4.19. The normalized spacial score (nSPS) is 12.2.